The summed E-state index contributed by atoms with van der Waals surface area (Å²) in [5, 5.41) is 0. The predicted molar refractivity (Wildman–Crippen MR) is 59.0 cm³/mol. The van der Waals surface area contributed by atoms with Crippen LogP contribution in [0.2, 0.25) is 0 Å². The van der Waals surface area contributed by atoms with Crippen molar-refractivity contribution in [2.45, 2.75) is 6.92 Å². The highest BCUT2D eigenvalue weighted by Gasteiger charge is 2.13. The molecule has 17 heavy (non-hydrogen) atoms. The topological polar surface area (TPSA) is 73.9 Å². The lowest BCUT2D eigenvalue weighted by molar-refractivity contribution is -0.141. The molecule has 0 aliphatic heterocycles. The van der Waals surface area contributed by atoms with E-state index in [-0.39, 0.29) is 5.75 Å². The normalized spacial score (nSPS) is 9.35. The van der Waals surface area contributed by atoms with Gasteiger partial charge in [0.2, 0.25) is 17.3 Å². The lowest BCUT2D eigenvalue weighted by Crippen LogP contribution is -2.32. The third-order valence-corrected chi connectivity index (χ3v) is 1.94. The van der Waals surface area contributed by atoms with Gasteiger partial charge in [0.1, 0.15) is 0 Å². The van der Waals surface area contributed by atoms with E-state index < -0.39 is 11.7 Å². The van der Waals surface area contributed by atoms with Crippen molar-refractivity contribution >= 4 is 11.7 Å². The molecule has 1 N–H and O–H groups in total. The number of para-hydroxylation sites is 1. The summed E-state index contributed by atoms with van der Waals surface area (Å²) in [6, 6.07) is 4.91. The maximum absolute atomic E-state index is 11.0. The number of methoxy groups -OCH3 is 2. The summed E-state index contributed by atoms with van der Waals surface area (Å²) in [5.74, 6) is -0.441. The maximum Gasteiger partial charge on any atom is 0.319 e. The van der Waals surface area contributed by atoms with Crippen molar-refractivity contribution < 1.29 is 23.9 Å². The molecule has 1 aromatic carbocycles. The molecule has 0 saturated heterocycles. The third-order valence-electron chi connectivity index (χ3n) is 1.94. The summed E-state index contributed by atoms with van der Waals surface area (Å²) in [6.45, 7) is 1.14. The van der Waals surface area contributed by atoms with Crippen LogP contribution in [0.4, 0.5) is 0 Å². The first-order valence-electron chi connectivity index (χ1n) is 4.79. The fourth-order valence-corrected chi connectivity index (χ4v) is 1.11. The van der Waals surface area contributed by atoms with Gasteiger partial charge in [-0.3, -0.25) is 9.59 Å². The largest absolute Gasteiger partial charge is 0.493 e. The second-order valence-corrected chi connectivity index (χ2v) is 3.08. The van der Waals surface area contributed by atoms with Gasteiger partial charge in [-0.2, -0.15) is 5.48 Å². The van der Waals surface area contributed by atoms with E-state index in [0.29, 0.717) is 11.5 Å². The monoisotopic (exact) mass is 239 g/mol. The summed E-state index contributed by atoms with van der Waals surface area (Å²) in [4.78, 5) is 26.7. The standard InChI is InChI=1S/C11H13NO5/c1-7(13)11(14)12-17-9-6-4-5-8(15-2)10(9)16-3/h4-6H,1-3H3,(H,12,14). The fourth-order valence-electron chi connectivity index (χ4n) is 1.11. The summed E-state index contributed by atoms with van der Waals surface area (Å²) in [6.07, 6.45) is 0. The Morgan fingerprint density at radius 3 is 2.29 bits per heavy atom. The van der Waals surface area contributed by atoms with Crippen LogP contribution in [0.25, 0.3) is 0 Å². The second-order valence-electron chi connectivity index (χ2n) is 3.08. The molecule has 0 aliphatic rings. The van der Waals surface area contributed by atoms with Crippen molar-refractivity contribution in [3.8, 4) is 17.2 Å². The Bertz CT molecular complexity index is 430. The van der Waals surface area contributed by atoms with Crippen LogP contribution in [0.5, 0.6) is 17.2 Å². The number of hydrogen-bond acceptors (Lipinski definition) is 5. The summed E-state index contributed by atoms with van der Waals surface area (Å²) >= 11 is 0. The Labute approximate surface area is 98.4 Å². The molecule has 0 spiro atoms. The predicted octanol–water partition coefficient (Wildman–Crippen LogP) is 0.703. The van der Waals surface area contributed by atoms with Crippen molar-refractivity contribution in [2.75, 3.05) is 14.2 Å². The van der Waals surface area contributed by atoms with Gasteiger partial charge in [-0.25, -0.2) is 0 Å². The molecule has 92 valence electrons. The number of carbonyl (C=O) groups excluding carboxylic acids is 2. The van der Waals surface area contributed by atoms with Crippen LogP contribution in [0, 0.1) is 0 Å². The van der Waals surface area contributed by atoms with Gasteiger partial charge in [0.25, 0.3) is 0 Å². The Morgan fingerprint density at radius 2 is 1.76 bits per heavy atom. The summed E-state index contributed by atoms with van der Waals surface area (Å²) in [5.41, 5.74) is 2.00. The highest BCUT2D eigenvalue weighted by Crippen LogP contribution is 2.36. The Kier molecular flexibility index (Phi) is 4.33. The number of ketones is 1. The lowest BCUT2D eigenvalue weighted by Gasteiger charge is -2.12. The molecule has 0 heterocycles. The molecule has 6 nitrogen and oxygen atoms in total. The zero-order valence-corrected chi connectivity index (χ0v) is 9.77. The summed E-state index contributed by atoms with van der Waals surface area (Å²) in [7, 11) is 2.92. The van der Waals surface area contributed by atoms with E-state index in [2.05, 4.69) is 0 Å². The first kappa shape index (κ1) is 12.8. The van der Waals surface area contributed by atoms with Gasteiger partial charge in [0, 0.05) is 6.92 Å². The molecular formula is C11H13NO5. The minimum Gasteiger partial charge on any atom is -0.493 e. The number of benzene rings is 1. The minimum absolute atomic E-state index is 0.251. The number of amides is 1. The highest BCUT2D eigenvalue weighted by molar-refractivity contribution is 6.34. The van der Waals surface area contributed by atoms with E-state index in [1.807, 2.05) is 5.48 Å². The van der Waals surface area contributed by atoms with E-state index in [9.17, 15) is 9.59 Å². The molecule has 0 fully saturated rings. The number of carbonyl (C=O) groups is 2. The Balaban J connectivity index is 2.84. The number of hydrogen-bond donors (Lipinski definition) is 1. The number of ether oxygens (including phenoxy) is 2. The Morgan fingerprint density at radius 1 is 1.12 bits per heavy atom. The molecule has 0 bridgehead atoms. The molecule has 0 atom stereocenters. The second kappa shape index (κ2) is 5.74. The first-order valence-corrected chi connectivity index (χ1v) is 4.79. The average Bonchev–Trinajstić information content (AvgIpc) is 2.34. The van der Waals surface area contributed by atoms with Crippen LogP contribution in [-0.4, -0.2) is 25.9 Å². The van der Waals surface area contributed by atoms with Gasteiger partial charge in [-0.1, -0.05) is 6.07 Å². The molecule has 1 rings (SSSR count). The van der Waals surface area contributed by atoms with Crippen LogP contribution in [-0.2, 0) is 9.59 Å². The maximum atomic E-state index is 11.0. The molecule has 0 aromatic heterocycles. The molecule has 1 amide bonds. The summed E-state index contributed by atoms with van der Waals surface area (Å²) < 4.78 is 10.1. The van der Waals surface area contributed by atoms with Gasteiger partial charge < -0.3 is 14.3 Å². The van der Waals surface area contributed by atoms with E-state index in [0.717, 1.165) is 6.92 Å². The molecule has 0 saturated carbocycles. The van der Waals surface area contributed by atoms with Gasteiger partial charge in [-0.15, -0.1) is 0 Å². The number of hydroxylamine groups is 1. The highest BCUT2D eigenvalue weighted by atomic mass is 16.7. The van der Waals surface area contributed by atoms with Crippen molar-refractivity contribution in [1.82, 2.24) is 5.48 Å². The quantitative estimate of drug-likeness (QED) is 0.605. The molecule has 6 heteroatoms. The Hall–Kier alpha value is -2.24. The SMILES string of the molecule is COc1cccc(ONC(=O)C(C)=O)c1OC. The van der Waals surface area contributed by atoms with Crippen molar-refractivity contribution in [1.29, 1.82) is 0 Å². The molecular weight excluding hydrogens is 226 g/mol. The lowest BCUT2D eigenvalue weighted by atomic mass is 10.3. The fraction of sp³-hybridized carbons (Fsp3) is 0.273. The van der Waals surface area contributed by atoms with Gasteiger partial charge in [0.15, 0.2) is 5.75 Å². The molecule has 0 unspecified atom stereocenters. The molecule has 1 aromatic rings. The third kappa shape index (κ3) is 3.10. The average molecular weight is 239 g/mol. The van der Waals surface area contributed by atoms with E-state index >= 15 is 0 Å². The minimum atomic E-state index is -0.838. The molecule has 0 radical (unpaired) electrons. The number of nitrogens with one attached hydrogen (secondary N) is 1. The van der Waals surface area contributed by atoms with Crippen LogP contribution in [0.1, 0.15) is 6.92 Å². The van der Waals surface area contributed by atoms with Crippen LogP contribution in [0.3, 0.4) is 0 Å². The van der Waals surface area contributed by atoms with Crippen molar-refractivity contribution in [2.24, 2.45) is 0 Å². The van der Waals surface area contributed by atoms with Crippen LogP contribution >= 0.6 is 0 Å². The smallest absolute Gasteiger partial charge is 0.319 e. The van der Waals surface area contributed by atoms with E-state index in [4.69, 9.17) is 14.3 Å². The van der Waals surface area contributed by atoms with E-state index in [1.165, 1.54) is 14.2 Å². The zero-order valence-electron chi connectivity index (χ0n) is 9.77. The number of Topliss-reactive ketones (excluding diaryl/α,β-unsaturated/α-hetero) is 1. The first-order chi connectivity index (χ1) is 8.10. The zero-order chi connectivity index (χ0) is 12.8. The van der Waals surface area contributed by atoms with Gasteiger partial charge in [-0.05, 0) is 12.1 Å². The van der Waals surface area contributed by atoms with Gasteiger partial charge >= 0.3 is 5.91 Å². The van der Waals surface area contributed by atoms with Crippen LogP contribution in [0.15, 0.2) is 18.2 Å². The van der Waals surface area contributed by atoms with Crippen molar-refractivity contribution in [3.63, 3.8) is 0 Å². The van der Waals surface area contributed by atoms with Gasteiger partial charge in [0.05, 0.1) is 14.2 Å². The van der Waals surface area contributed by atoms with E-state index in [1.54, 1.807) is 18.2 Å². The molecule has 0 aliphatic carbocycles. The van der Waals surface area contributed by atoms with Crippen LogP contribution < -0.4 is 19.8 Å². The van der Waals surface area contributed by atoms with Crippen molar-refractivity contribution in [3.05, 3.63) is 18.2 Å². The number of rotatable bonds is 5.